The van der Waals surface area contributed by atoms with E-state index in [1.54, 1.807) is 0 Å². The molecule has 1 N–H and O–H groups in total. The number of nitrogens with zero attached hydrogens (tertiary/aromatic N) is 1. The number of carbonyl (C=O) groups is 1. The average Bonchev–Trinajstić information content (AvgIpc) is 2.42. The molecule has 0 spiro atoms. The Labute approximate surface area is 115 Å². The number of piperidine rings is 1. The van der Waals surface area contributed by atoms with Gasteiger partial charge < -0.3 is 10.0 Å². The number of hydrogen-bond acceptors (Lipinski definition) is 2. The van der Waals surface area contributed by atoms with Crippen LogP contribution in [0.3, 0.4) is 0 Å². The molecule has 1 unspecified atom stereocenters. The van der Waals surface area contributed by atoms with E-state index in [1.165, 1.54) is 5.56 Å². The lowest BCUT2D eigenvalue weighted by molar-refractivity contribution is 0.0574. The Balaban J connectivity index is 2.18. The molecule has 1 atom stereocenters. The highest BCUT2D eigenvalue weighted by molar-refractivity contribution is 5.94. The number of rotatable bonds is 3. The molecule has 1 amide bonds. The van der Waals surface area contributed by atoms with E-state index in [0.717, 1.165) is 36.9 Å². The zero-order chi connectivity index (χ0) is 13.8. The topological polar surface area (TPSA) is 40.5 Å². The van der Waals surface area contributed by atoms with Gasteiger partial charge in [0.15, 0.2) is 0 Å². The Bertz CT molecular complexity index is 454. The molecule has 1 aromatic rings. The van der Waals surface area contributed by atoms with Gasteiger partial charge in [0.25, 0.3) is 5.91 Å². The van der Waals surface area contributed by atoms with Crippen LogP contribution in [0.25, 0.3) is 0 Å². The second-order valence-electron chi connectivity index (χ2n) is 5.46. The number of hydrogen-bond donors (Lipinski definition) is 1. The van der Waals surface area contributed by atoms with Gasteiger partial charge in [-0.05, 0) is 62.8 Å². The van der Waals surface area contributed by atoms with Crippen LogP contribution in [0.15, 0.2) is 18.2 Å². The predicted molar refractivity (Wildman–Crippen MR) is 76.3 cm³/mol. The van der Waals surface area contributed by atoms with Crippen molar-refractivity contribution in [2.45, 2.75) is 45.6 Å². The van der Waals surface area contributed by atoms with Crippen LogP contribution in [0.1, 0.15) is 47.2 Å². The van der Waals surface area contributed by atoms with E-state index in [4.69, 9.17) is 5.11 Å². The number of likely N-dealkylation sites (tertiary alicyclic amines) is 1. The Morgan fingerprint density at radius 2 is 2.11 bits per heavy atom. The first kappa shape index (κ1) is 14.1. The quantitative estimate of drug-likeness (QED) is 0.908. The SMILES string of the molecule is Cc1ccc(C(=O)N2CCCCC2CCO)cc1C. The third kappa shape index (κ3) is 3.16. The minimum absolute atomic E-state index is 0.112. The van der Waals surface area contributed by atoms with Gasteiger partial charge in [-0.1, -0.05) is 6.07 Å². The maximum absolute atomic E-state index is 12.6. The Morgan fingerprint density at radius 3 is 2.79 bits per heavy atom. The van der Waals surface area contributed by atoms with E-state index in [-0.39, 0.29) is 18.6 Å². The molecule has 1 aromatic carbocycles. The minimum Gasteiger partial charge on any atom is -0.396 e. The van der Waals surface area contributed by atoms with E-state index < -0.39 is 0 Å². The van der Waals surface area contributed by atoms with Gasteiger partial charge in [-0.2, -0.15) is 0 Å². The van der Waals surface area contributed by atoms with Crippen LogP contribution >= 0.6 is 0 Å². The minimum atomic E-state index is 0.112. The highest BCUT2D eigenvalue weighted by atomic mass is 16.3. The monoisotopic (exact) mass is 261 g/mol. The second-order valence-corrected chi connectivity index (χ2v) is 5.46. The van der Waals surface area contributed by atoms with Crippen LogP contribution < -0.4 is 0 Å². The number of benzene rings is 1. The summed E-state index contributed by atoms with van der Waals surface area (Å²) in [5.74, 6) is 0.112. The van der Waals surface area contributed by atoms with Crippen LogP contribution in [-0.2, 0) is 0 Å². The summed E-state index contributed by atoms with van der Waals surface area (Å²) in [5, 5.41) is 9.13. The molecular formula is C16H23NO2. The van der Waals surface area contributed by atoms with Crippen LogP contribution in [0.2, 0.25) is 0 Å². The standard InChI is InChI=1S/C16H23NO2/c1-12-6-7-14(11-13(12)2)16(19)17-9-4-3-5-15(17)8-10-18/h6-7,11,15,18H,3-5,8-10H2,1-2H3. The summed E-state index contributed by atoms with van der Waals surface area (Å²) in [6, 6.07) is 6.10. The van der Waals surface area contributed by atoms with Gasteiger partial charge in [-0.3, -0.25) is 4.79 Å². The fraction of sp³-hybridized carbons (Fsp3) is 0.562. The summed E-state index contributed by atoms with van der Waals surface area (Å²) < 4.78 is 0. The van der Waals surface area contributed by atoms with Crippen molar-refractivity contribution in [3.05, 3.63) is 34.9 Å². The van der Waals surface area contributed by atoms with Crippen molar-refractivity contribution in [3.8, 4) is 0 Å². The fourth-order valence-corrected chi connectivity index (χ4v) is 2.76. The van der Waals surface area contributed by atoms with Gasteiger partial charge in [0, 0.05) is 24.8 Å². The number of amides is 1. The molecule has 1 fully saturated rings. The van der Waals surface area contributed by atoms with Gasteiger partial charge in [0.1, 0.15) is 0 Å². The third-order valence-corrected chi connectivity index (χ3v) is 4.10. The molecule has 1 saturated heterocycles. The smallest absolute Gasteiger partial charge is 0.254 e. The van der Waals surface area contributed by atoms with Crippen LogP contribution in [-0.4, -0.2) is 35.1 Å². The average molecular weight is 261 g/mol. The first-order chi connectivity index (χ1) is 9.13. The van der Waals surface area contributed by atoms with E-state index in [9.17, 15) is 4.79 Å². The van der Waals surface area contributed by atoms with E-state index in [1.807, 2.05) is 30.0 Å². The molecule has 104 valence electrons. The van der Waals surface area contributed by atoms with Crippen molar-refractivity contribution < 1.29 is 9.90 Å². The van der Waals surface area contributed by atoms with Gasteiger partial charge in [0.05, 0.1) is 0 Å². The number of aryl methyl sites for hydroxylation is 2. The van der Waals surface area contributed by atoms with E-state index in [2.05, 4.69) is 6.92 Å². The fourth-order valence-electron chi connectivity index (χ4n) is 2.76. The van der Waals surface area contributed by atoms with Crippen molar-refractivity contribution in [2.24, 2.45) is 0 Å². The molecule has 0 aliphatic carbocycles. The van der Waals surface area contributed by atoms with Crippen molar-refractivity contribution in [1.82, 2.24) is 4.90 Å². The normalized spacial score (nSPS) is 19.5. The van der Waals surface area contributed by atoms with E-state index in [0.29, 0.717) is 6.42 Å². The molecule has 19 heavy (non-hydrogen) atoms. The van der Waals surface area contributed by atoms with Crippen molar-refractivity contribution in [3.63, 3.8) is 0 Å². The van der Waals surface area contributed by atoms with Crippen LogP contribution in [0.4, 0.5) is 0 Å². The van der Waals surface area contributed by atoms with Gasteiger partial charge in [-0.15, -0.1) is 0 Å². The first-order valence-electron chi connectivity index (χ1n) is 7.12. The van der Waals surface area contributed by atoms with Crippen LogP contribution in [0, 0.1) is 13.8 Å². The largest absolute Gasteiger partial charge is 0.396 e. The number of aliphatic hydroxyl groups is 1. The second kappa shape index (κ2) is 6.20. The highest BCUT2D eigenvalue weighted by Crippen LogP contribution is 2.22. The molecule has 1 aliphatic rings. The molecule has 0 radical (unpaired) electrons. The molecule has 3 heteroatoms. The van der Waals surface area contributed by atoms with Crippen molar-refractivity contribution in [1.29, 1.82) is 0 Å². The van der Waals surface area contributed by atoms with Gasteiger partial charge in [-0.25, -0.2) is 0 Å². The Hall–Kier alpha value is -1.35. The lowest BCUT2D eigenvalue weighted by atomic mass is 9.97. The summed E-state index contributed by atoms with van der Waals surface area (Å²) >= 11 is 0. The molecule has 2 rings (SSSR count). The van der Waals surface area contributed by atoms with Gasteiger partial charge in [0.2, 0.25) is 0 Å². The lowest BCUT2D eigenvalue weighted by Gasteiger charge is -2.35. The summed E-state index contributed by atoms with van der Waals surface area (Å²) in [7, 11) is 0. The van der Waals surface area contributed by atoms with E-state index >= 15 is 0 Å². The first-order valence-corrected chi connectivity index (χ1v) is 7.12. The maximum atomic E-state index is 12.6. The third-order valence-electron chi connectivity index (χ3n) is 4.10. The van der Waals surface area contributed by atoms with Crippen LogP contribution in [0.5, 0.6) is 0 Å². The zero-order valence-electron chi connectivity index (χ0n) is 11.9. The summed E-state index contributed by atoms with van der Waals surface area (Å²) in [6.07, 6.45) is 3.92. The summed E-state index contributed by atoms with van der Waals surface area (Å²) in [5.41, 5.74) is 3.14. The van der Waals surface area contributed by atoms with Crippen molar-refractivity contribution in [2.75, 3.05) is 13.2 Å². The molecule has 0 aromatic heterocycles. The lowest BCUT2D eigenvalue weighted by Crippen LogP contribution is -2.44. The Morgan fingerprint density at radius 1 is 1.32 bits per heavy atom. The predicted octanol–water partition coefficient (Wildman–Crippen LogP) is 2.68. The summed E-state index contributed by atoms with van der Waals surface area (Å²) in [4.78, 5) is 14.5. The maximum Gasteiger partial charge on any atom is 0.254 e. The molecule has 0 bridgehead atoms. The van der Waals surface area contributed by atoms with Crippen molar-refractivity contribution >= 4 is 5.91 Å². The molecule has 1 aliphatic heterocycles. The molecular weight excluding hydrogens is 238 g/mol. The number of carbonyl (C=O) groups excluding carboxylic acids is 1. The Kier molecular flexibility index (Phi) is 4.59. The zero-order valence-corrected chi connectivity index (χ0v) is 11.9. The highest BCUT2D eigenvalue weighted by Gasteiger charge is 2.26. The number of aliphatic hydroxyl groups excluding tert-OH is 1. The molecule has 3 nitrogen and oxygen atoms in total. The summed E-state index contributed by atoms with van der Waals surface area (Å²) in [6.45, 7) is 5.06. The van der Waals surface area contributed by atoms with Gasteiger partial charge >= 0.3 is 0 Å². The molecule has 1 heterocycles. The molecule has 0 saturated carbocycles.